The van der Waals surface area contributed by atoms with E-state index in [1.807, 2.05) is 6.08 Å². The Hall–Kier alpha value is -1.82. The molecule has 92 valence electrons. The average molecular weight is 236 g/mol. The van der Waals surface area contributed by atoms with Gasteiger partial charge in [0.15, 0.2) is 0 Å². The molecule has 0 bridgehead atoms. The van der Waals surface area contributed by atoms with E-state index in [1.165, 1.54) is 22.3 Å². The van der Waals surface area contributed by atoms with Crippen LogP contribution in [0.4, 0.5) is 0 Å². The second kappa shape index (κ2) is 6.20. The van der Waals surface area contributed by atoms with Crippen LogP contribution in [0.1, 0.15) is 29.2 Å². The van der Waals surface area contributed by atoms with Gasteiger partial charge in [0.25, 0.3) is 0 Å². The average Bonchev–Trinajstić information content (AvgIpc) is 2.46. The van der Waals surface area contributed by atoms with E-state index in [0.717, 1.165) is 19.3 Å². The Morgan fingerprint density at radius 1 is 0.889 bits per heavy atom. The van der Waals surface area contributed by atoms with Gasteiger partial charge in [0.2, 0.25) is 0 Å². The maximum Gasteiger partial charge on any atom is -0.0236 e. The van der Waals surface area contributed by atoms with E-state index in [2.05, 4.69) is 62.0 Å². The van der Waals surface area contributed by atoms with Crippen molar-refractivity contribution in [1.82, 2.24) is 0 Å². The van der Waals surface area contributed by atoms with E-state index in [1.54, 1.807) is 0 Å². The molecule has 0 heterocycles. The van der Waals surface area contributed by atoms with Crippen LogP contribution in [0.5, 0.6) is 0 Å². The number of hydrogen-bond donors (Lipinski definition) is 0. The van der Waals surface area contributed by atoms with Crippen LogP contribution >= 0.6 is 0 Å². The van der Waals surface area contributed by atoms with Crippen LogP contribution in [0.2, 0.25) is 0 Å². The Kier molecular flexibility index (Phi) is 4.35. The van der Waals surface area contributed by atoms with Crippen molar-refractivity contribution in [3.8, 4) is 0 Å². The molecule has 0 nitrogen and oxygen atoms in total. The molecule has 0 fully saturated rings. The second-order valence-corrected chi connectivity index (χ2v) is 4.57. The van der Waals surface area contributed by atoms with Crippen molar-refractivity contribution in [3.05, 3.63) is 77.4 Å². The van der Waals surface area contributed by atoms with Crippen molar-refractivity contribution in [2.75, 3.05) is 0 Å². The minimum absolute atomic E-state index is 1.11. The highest BCUT2D eigenvalue weighted by Crippen LogP contribution is 2.14. The predicted molar refractivity (Wildman–Crippen MR) is 79.8 cm³/mol. The van der Waals surface area contributed by atoms with Gasteiger partial charge < -0.3 is 0 Å². The lowest BCUT2D eigenvalue weighted by atomic mass is 9.98. The van der Waals surface area contributed by atoms with Gasteiger partial charge in [-0.25, -0.2) is 0 Å². The SMILES string of the molecule is C=Cc1ccc(CCc2ccccc2CC)cc1. The van der Waals surface area contributed by atoms with E-state index in [9.17, 15) is 0 Å². The zero-order valence-corrected chi connectivity index (χ0v) is 11.0. The highest BCUT2D eigenvalue weighted by atomic mass is 14.1. The first-order valence-corrected chi connectivity index (χ1v) is 6.61. The fraction of sp³-hybridized carbons (Fsp3) is 0.222. The normalized spacial score (nSPS) is 10.3. The van der Waals surface area contributed by atoms with Gasteiger partial charge in [0, 0.05) is 0 Å². The molecule has 0 aliphatic heterocycles. The van der Waals surface area contributed by atoms with Crippen LogP contribution in [-0.2, 0) is 19.3 Å². The van der Waals surface area contributed by atoms with Gasteiger partial charge >= 0.3 is 0 Å². The molecule has 0 heteroatoms. The number of hydrogen-bond acceptors (Lipinski definition) is 0. The summed E-state index contributed by atoms with van der Waals surface area (Å²) in [4.78, 5) is 0. The van der Waals surface area contributed by atoms with Crippen LogP contribution in [-0.4, -0.2) is 0 Å². The lowest BCUT2D eigenvalue weighted by Gasteiger charge is -2.07. The highest BCUT2D eigenvalue weighted by molar-refractivity contribution is 5.47. The number of rotatable bonds is 5. The van der Waals surface area contributed by atoms with Gasteiger partial charge in [0.05, 0.1) is 0 Å². The first kappa shape index (κ1) is 12.6. The summed E-state index contributed by atoms with van der Waals surface area (Å²) in [7, 11) is 0. The van der Waals surface area contributed by atoms with Crippen molar-refractivity contribution in [2.45, 2.75) is 26.2 Å². The molecule has 0 N–H and O–H groups in total. The second-order valence-electron chi connectivity index (χ2n) is 4.57. The zero-order chi connectivity index (χ0) is 12.8. The van der Waals surface area contributed by atoms with Crippen molar-refractivity contribution in [3.63, 3.8) is 0 Å². The molecule has 0 aliphatic rings. The van der Waals surface area contributed by atoms with Gasteiger partial charge in [-0.2, -0.15) is 0 Å². The lowest BCUT2D eigenvalue weighted by Crippen LogP contribution is -1.96. The first-order chi connectivity index (χ1) is 8.83. The summed E-state index contributed by atoms with van der Waals surface area (Å²) in [6.45, 7) is 6.00. The highest BCUT2D eigenvalue weighted by Gasteiger charge is 2.00. The van der Waals surface area contributed by atoms with Crippen LogP contribution < -0.4 is 0 Å². The lowest BCUT2D eigenvalue weighted by molar-refractivity contribution is 0.931. The van der Waals surface area contributed by atoms with E-state index < -0.39 is 0 Å². The van der Waals surface area contributed by atoms with Gasteiger partial charge in [-0.05, 0) is 41.5 Å². The van der Waals surface area contributed by atoms with Crippen molar-refractivity contribution >= 4 is 6.08 Å². The van der Waals surface area contributed by atoms with Gasteiger partial charge in [-0.3, -0.25) is 0 Å². The standard InChI is InChI=1S/C18H20/c1-3-15-9-11-16(12-10-15)13-14-18-8-6-5-7-17(18)4-2/h3,5-12H,1,4,13-14H2,2H3. The summed E-state index contributed by atoms with van der Waals surface area (Å²) in [5.41, 5.74) is 5.53. The van der Waals surface area contributed by atoms with Gasteiger partial charge in [-0.1, -0.05) is 68.1 Å². The third kappa shape index (κ3) is 3.10. The number of aryl methyl sites for hydroxylation is 3. The smallest absolute Gasteiger partial charge is 0.0236 e. The zero-order valence-electron chi connectivity index (χ0n) is 11.0. The first-order valence-electron chi connectivity index (χ1n) is 6.61. The Morgan fingerprint density at radius 3 is 2.17 bits per heavy atom. The molecule has 0 aliphatic carbocycles. The molecule has 2 aromatic carbocycles. The van der Waals surface area contributed by atoms with Crippen LogP contribution in [0.15, 0.2) is 55.1 Å². The molecule has 0 spiro atoms. The van der Waals surface area contributed by atoms with Crippen LogP contribution in [0.3, 0.4) is 0 Å². The summed E-state index contributed by atoms with van der Waals surface area (Å²) in [5, 5.41) is 0. The Morgan fingerprint density at radius 2 is 1.56 bits per heavy atom. The molecule has 2 rings (SSSR count). The largest absolute Gasteiger partial charge is 0.0985 e. The summed E-state index contributed by atoms with van der Waals surface area (Å²) >= 11 is 0. The van der Waals surface area contributed by atoms with E-state index >= 15 is 0 Å². The molecule has 0 unspecified atom stereocenters. The van der Waals surface area contributed by atoms with E-state index in [0.29, 0.717) is 0 Å². The van der Waals surface area contributed by atoms with Crippen LogP contribution in [0.25, 0.3) is 6.08 Å². The fourth-order valence-electron chi connectivity index (χ4n) is 2.25. The summed E-state index contributed by atoms with van der Waals surface area (Å²) in [6.07, 6.45) is 5.23. The van der Waals surface area contributed by atoms with E-state index in [-0.39, 0.29) is 0 Å². The Labute approximate surface area is 110 Å². The van der Waals surface area contributed by atoms with E-state index in [4.69, 9.17) is 0 Å². The predicted octanol–water partition coefficient (Wildman–Crippen LogP) is 4.68. The molecule has 18 heavy (non-hydrogen) atoms. The van der Waals surface area contributed by atoms with Gasteiger partial charge in [0.1, 0.15) is 0 Å². The minimum Gasteiger partial charge on any atom is -0.0985 e. The van der Waals surface area contributed by atoms with Crippen molar-refractivity contribution < 1.29 is 0 Å². The molecular weight excluding hydrogens is 216 g/mol. The molecule has 0 saturated carbocycles. The summed E-state index contributed by atoms with van der Waals surface area (Å²) < 4.78 is 0. The molecule has 0 radical (unpaired) electrons. The van der Waals surface area contributed by atoms with Gasteiger partial charge in [-0.15, -0.1) is 0 Å². The topological polar surface area (TPSA) is 0 Å². The maximum absolute atomic E-state index is 3.78. The molecule has 0 aromatic heterocycles. The quantitative estimate of drug-likeness (QED) is 0.707. The Bertz CT molecular complexity index is 506. The Balaban J connectivity index is 2.04. The fourth-order valence-corrected chi connectivity index (χ4v) is 2.25. The monoisotopic (exact) mass is 236 g/mol. The van der Waals surface area contributed by atoms with Crippen LogP contribution in [0, 0.1) is 0 Å². The van der Waals surface area contributed by atoms with Crippen molar-refractivity contribution in [2.24, 2.45) is 0 Å². The number of benzene rings is 2. The summed E-state index contributed by atoms with van der Waals surface area (Å²) in [6, 6.07) is 17.4. The third-order valence-electron chi connectivity index (χ3n) is 3.40. The van der Waals surface area contributed by atoms with Crippen molar-refractivity contribution in [1.29, 1.82) is 0 Å². The third-order valence-corrected chi connectivity index (χ3v) is 3.40. The molecule has 2 aromatic rings. The molecular formula is C18H20. The molecule has 0 atom stereocenters. The minimum atomic E-state index is 1.11. The molecule has 0 saturated heterocycles. The molecule has 0 amide bonds. The maximum atomic E-state index is 3.78. The summed E-state index contributed by atoms with van der Waals surface area (Å²) in [5.74, 6) is 0.